The second-order valence-corrected chi connectivity index (χ2v) is 5.01. The Morgan fingerprint density at radius 2 is 2.50 bits per heavy atom. The first-order chi connectivity index (χ1) is 6.75. The molecule has 1 aliphatic rings. The summed E-state index contributed by atoms with van der Waals surface area (Å²) < 4.78 is 3.08. The first-order valence-corrected chi connectivity index (χ1v) is 6.04. The molecule has 0 aliphatic heterocycles. The van der Waals surface area contributed by atoms with Gasteiger partial charge in [0.2, 0.25) is 0 Å². The van der Waals surface area contributed by atoms with Crippen molar-refractivity contribution in [2.24, 2.45) is 5.92 Å². The smallest absolute Gasteiger partial charge is 0.136 e. The van der Waals surface area contributed by atoms with Gasteiger partial charge in [-0.2, -0.15) is 5.10 Å². The summed E-state index contributed by atoms with van der Waals surface area (Å²) in [5.74, 6) is 0.753. The minimum Gasteiger partial charge on any atom is -0.299 e. The van der Waals surface area contributed by atoms with Gasteiger partial charge in [-0.1, -0.05) is 0 Å². The number of aryl methyl sites for hydroxylation is 1. The Morgan fingerprint density at radius 1 is 1.64 bits per heavy atom. The molecule has 1 aromatic rings. The van der Waals surface area contributed by atoms with Gasteiger partial charge in [-0.25, -0.2) is 0 Å². The molecule has 2 rings (SSSR count). The summed E-state index contributed by atoms with van der Waals surface area (Å²) in [6, 6.07) is 0. The molecule has 1 fully saturated rings. The normalized spacial score (nSPS) is 21.8. The van der Waals surface area contributed by atoms with Gasteiger partial charge in [-0.3, -0.25) is 9.48 Å². The van der Waals surface area contributed by atoms with E-state index in [1.165, 1.54) is 0 Å². The maximum Gasteiger partial charge on any atom is 0.136 e. The molecule has 1 aliphatic carbocycles. The van der Waals surface area contributed by atoms with Crippen molar-refractivity contribution in [2.45, 2.75) is 32.2 Å². The summed E-state index contributed by atoms with van der Waals surface area (Å²) in [5, 5.41) is 4.20. The molecular formula is C10H13IN2O. The van der Waals surface area contributed by atoms with Crippen LogP contribution < -0.4 is 0 Å². The van der Waals surface area contributed by atoms with Crippen LogP contribution in [0.4, 0.5) is 0 Å². The second-order valence-electron chi connectivity index (χ2n) is 3.77. The number of nitrogens with zero attached hydrogens (tertiary/aromatic N) is 2. The fourth-order valence-electron chi connectivity index (χ4n) is 1.94. The largest absolute Gasteiger partial charge is 0.299 e. The van der Waals surface area contributed by atoms with Crippen LogP contribution in [0.5, 0.6) is 0 Å². The zero-order valence-corrected chi connectivity index (χ0v) is 10.1. The summed E-state index contributed by atoms with van der Waals surface area (Å²) in [6.45, 7) is 0.874. The van der Waals surface area contributed by atoms with Crippen molar-refractivity contribution in [1.29, 1.82) is 0 Å². The number of rotatable bonds is 3. The van der Waals surface area contributed by atoms with Crippen molar-refractivity contribution in [3.05, 3.63) is 16.0 Å². The molecular weight excluding hydrogens is 291 g/mol. The summed E-state index contributed by atoms with van der Waals surface area (Å²) in [5.41, 5.74) is 0. The molecule has 0 radical (unpaired) electrons. The van der Waals surface area contributed by atoms with Crippen molar-refractivity contribution < 1.29 is 4.79 Å². The van der Waals surface area contributed by atoms with Crippen molar-refractivity contribution in [2.75, 3.05) is 0 Å². The number of Topliss-reactive ketones (excluding diaryl/α,β-unsaturated/α-hetero) is 1. The average molecular weight is 304 g/mol. The number of ketones is 1. The second kappa shape index (κ2) is 4.42. The summed E-state index contributed by atoms with van der Waals surface area (Å²) in [6.07, 6.45) is 7.77. The molecule has 1 saturated carbocycles. The van der Waals surface area contributed by atoms with Crippen LogP contribution in [-0.4, -0.2) is 15.6 Å². The van der Waals surface area contributed by atoms with E-state index in [-0.39, 0.29) is 0 Å². The van der Waals surface area contributed by atoms with E-state index in [2.05, 4.69) is 27.7 Å². The molecule has 1 aromatic heterocycles. The number of hydrogen-bond acceptors (Lipinski definition) is 2. The summed E-state index contributed by atoms with van der Waals surface area (Å²) >= 11 is 2.24. The molecule has 0 spiro atoms. The lowest BCUT2D eigenvalue weighted by Gasteiger charge is -2.06. The third kappa shape index (κ3) is 2.34. The highest BCUT2D eigenvalue weighted by molar-refractivity contribution is 14.1. The van der Waals surface area contributed by atoms with Gasteiger partial charge in [0, 0.05) is 25.1 Å². The molecule has 0 aromatic carbocycles. The fourth-order valence-corrected chi connectivity index (χ4v) is 2.39. The highest BCUT2D eigenvalue weighted by Crippen LogP contribution is 2.24. The first kappa shape index (κ1) is 10.1. The first-order valence-electron chi connectivity index (χ1n) is 4.96. The third-order valence-electron chi connectivity index (χ3n) is 2.74. The maximum absolute atomic E-state index is 11.4. The Labute approximate surface area is 97.0 Å². The van der Waals surface area contributed by atoms with E-state index in [1.54, 1.807) is 0 Å². The molecule has 0 bridgehead atoms. The zero-order valence-electron chi connectivity index (χ0n) is 7.95. The predicted octanol–water partition coefficient (Wildman–Crippen LogP) is 2.25. The van der Waals surface area contributed by atoms with Crippen molar-refractivity contribution >= 4 is 28.4 Å². The minimum absolute atomic E-state index is 0.303. The van der Waals surface area contributed by atoms with E-state index < -0.39 is 0 Å². The molecule has 3 nitrogen and oxygen atoms in total. The Bertz CT molecular complexity index is 335. The monoisotopic (exact) mass is 304 g/mol. The van der Waals surface area contributed by atoms with E-state index in [4.69, 9.17) is 0 Å². The van der Waals surface area contributed by atoms with Gasteiger partial charge in [-0.05, 0) is 41.9 Å². The van der Waals surface area contributed by atoms with Crippen molar-refractivity contribution in [3.63, 3.8) is 0 Å². The molecule has 0 amide bonds. The van der Waals surface area contributed by atoms with Crippen molar-refractivity contribution in [3.8, 4) is 0 Å². The van der Waals surface area contributed by atoms with E-state index in [1.807, 2.05) is 17.1 Å². The van der Waals surface area contributed by atoms with Crippen LogP contribution >= 0.6 is 22.6 Å². The molecule has 1 heterocycles. The summed E-state index contributed by atoms with van der Waals surface area (Å²) in [4.78, 5) is 11.4. The maximum atomic E-state index is 11.4. The van der Waals surface area contributed by atoms with Gasteiger partial charge in [0.1, 0.15) is 5.78 Å². The van der Waals surface area contributed by atoms with Crippen LogP contribution in [0.25, 0.3) is 0 Å². The number of hydrogen-bond donors (Lipinski definition) is 0. The number of carbonyl (C=O) groups is 1. The third-order valence-corrected chi connectivity index (χ3v) is 3.30. The Hall–Kier alpha value is -0.390. The highest BCUT2D eigenvalue weighted by Gasteiger charge is 2.23. The number of aromatic nitrogens is 2. The SMILES string of the molecule is O=C1CCCC1CCn1cc(I)cn1. The van der Waals surface area contributed by atoms with Crippen LogP contribution in [0.1, 0.15) is 25.7 Å². The van der Waals surface area contributed by atoms with Crippen LogP contribution in [-0.2, 0) is 11.3 Å². The highest BCUT2D eigenvalue weighted by atomic mass is 127. The van der Waals surface area contributed by atoms with Crippen LogP contribution in [0.2, 0.25) is 0 Å². The van der Waals surface area contributed by atoms with Gasteiger partial charge in [0.15, 0.2) is 0 Å². The van der Waals surface area contributed by atoms with Gasteiger partial charge in [0.25, 0.3) is 0 Å². The molecule has 4 heteroatoms. The topological polar surface area (TPSA) is 34.9 Å². The minimum atomic E-state index is 0.303. The van der Waals surface area contributed by atoms with Gasteiger partial charge in [0.05, 0.1) is 9.77 Å². The van der Waals surface area contributed by atoms with E-state index in [0.717, 1.165) is 35.8 Å². The molecule has 0 saturated heterocycles. The molecule has 1 atom stereocenters. The van der Waals surface area contributed by atoms with Gasteiger partial charge >= 0.3 is 0 Å². The quantitative estimate of drug-likeness (QED) is 0.803. The van der Waals surface area contributed by atoms with Crippen molar-refractivity contribution in [1.82, 2.24) is 9.78 Å². The van der Waals surface area contributed by atoms with Crippen LogP contribution in [0.15, 0.2) is 12.4 Å². The molecule has 1 unspecified atom stereocenters. The average Bonchev–Trinajstić information content (AvgIpc) is 2.72. The van der Waals surface area contributed by atoms with Gasteiger partial charge < -0.3 is 0 Å². The Morgan fingerprint density at radius 3 is 3.07 bits per heavy atom. The van der Waals surface area contributed by atoms with E-state index in [0.29, 0.717) is 11.7 Å². The van der Waals surface area contributed by atoms with Crippen LogP contribution in [0.3, 0.4) is 0 Å². The lowest BCUT2D eigenvalue weighted by atomic mass is 10.0. The predicted molar refractivity (Wildman–Crippen MR) is 61.9 cm³/mol. The fraction of sp³-hybridized carbons (Fsp3) is 0.600. The lowest BCUT2D eigenvalue weighted by Crippen LogP contribution is -2.10. The Balaban J connectivity index is 1.85. The van der Waals surface area contributed by atoms with E-state index >= 15 is 0 Å². The van der Waals surface area contributed by atoms with Gasteiger partial charge in [-0.15, -0.1) is 0 Å². The zero-order chi connectivity index (χ0) is 9.97. The molecule has 14 heavy (non-hydrogen) atoms. The Kier molecular flexibility index (Phi) is 3.20. The molecule has 0 N–H and O–H groups in total. The summed E-state index contributed by atoms with van der Waals surface area (Å²) in [7, 11) is 0. The number of carbonyl (C=O) groups excluding carboxylic acids is 1. The van der Waals surface area contributed by atoms with Crippen LogP contribution in [0, 0.1) is 9.49 Å². The molecule has 76 valence electrons. The van der Waals surface area contributed by atoms with E-state index in [9.17, 15) is 4.79 Å². The standard InChI is InChI=1S/C10H13IN2O/c11-9-6-12-13(7-9)5-4-8-2-1-3-10(8)14/h6-8H,1-5H2. The number of halogens is 1. The lowest BCUT2D eigenvalue weighted by molar-refractivity contribution is -0.120.